The van der Waals surface area contributed by atoms with Gasteiger partial charge in [0.15, 0.2) is 0 Å². The second-order valence-corrected chi connectivity index (χ2v) is 2.16. The molecule has 0 rings (SSSR count). The minimum atomic E-state index is -0.514. The molecule has 0 atom stereocenters. The molecule has 0 aromatic heterocycles. The zero-order valence-corrected chi connectivity index (χ0v) is 5.51. The molecule has 0 aromatic carbocycles. The number of hydrogen-bond acceptors (Lipinski definition) is 3. The molecule has 0 spiro atoms. The van der Waals surface area contributed by atoms with Gasteiger partial charge < -0.3 is 4.74 Å². The lowest BCUT2D eigenvalue weighted by Crippen LogP contribution is -2.05. The highest BCUT2D eigenvalue weighted by Crippen LogP contribution is 1.99. The van der Waals surface area contributed by atoms with Gasteiger partial charge in [0.05, 0.1) is 0 Å². The summed E-state index contributed by atoms with van der Waals surface area (Å²) in [7, 11) is 0. The molecule has 3 heteroatoms. The number of ether oxygens (including phenoxy) is 1. The quantitative estimate of drug-likeness (QED) is 0.415. The average Bonchev–Trinajstić information content (AvgIpc) is 1.63. The topological polar surface area (TPSA) is 43.4 Å². The van der Waals surface area contributed by atoms with Crippen LogP contribution in [0.5, 0.6) is 0 Å². The molecule has 0 amide bonds. The van der Waals surface area contributed by atoms with Gasteiger partial charge >= 0.3 is 12.4 Å². The summed E-state index contributed by atoms with van der Waals surface area (Å²) in [6, 6.07) is 0. The van der Waals surface area contributed by atoms with Crippen molar-refractivity contribution in [3.05, 3.63) is 0 Å². The lowest BCUT2D eigenvalue weighted by atomic mass is 10.1. The Hall–Kier alpha value is -0.860. The monoisotopic (exact) mass is 129 g/mol. The molecule has 1 radical (unpaired) electrons. The summed E-state index contributed by atoms with van der Waals surface area (Å²) in [6.07, 6.45) is 0.273. The molecule has 0 aliphatic carbocycles. The first kappa shape index (κ1) is 8.14. The van der Waals surface area contributed by atoms with Gasteiger partial charge in [0, 0.05) is 6.42 Å². The summed E-state index contributed by atoms with van der Waals surface area (Å²) in [5, 5.41) is 0. The Morgan fingerprint density at radius 3 is 2.56 bits per heavy atom. The second-order valence-electron chi connectivity index (χ2n) is 2.16. The van der Waals surface area contributed by atoms with E-state index in [1.165, 1.54) is 0 Å². The minimum Gasteiger partial charge on any atom is -0.384 e. The van der Waals surface area contributed by atoms with Crippen molar-refractivity contribution in [2.45, 2.75) is 20.3 Å². The van der Waals surface area contributed by atoms with E-state index < -0.39 is 5.97 Å². The fourth-order valence-electron chi connectivity index (χ4n) is 0.421. The van der Waals surface area contributed by atoms with Gasteiger partial charge in [-0.15, -0.1) is 0 Å². The summed E-state index contributed by atoms with van der Waals surface area (Å²) in [5.41, 5.74) is 0. The number of rotatable bonds is 3. The Balaban J connectivity index is 3.38. The van der Waals surface area contributed by atoms with Crippen molar-refractivity contribution >= 4 is 12.4 Å². The Bertz CT molecular complexity index is 107. The van der Waals surface area contributed by atoms with Gasteiger partial charge in [0.25, 0.3) is 0 Å². The standard InChI is InChI=1S/C6H9O3/c1-5(2)3-6(8)9-4-7/h5H,3H2,1-2H3. The van der Waals surface area contributed by atoms with E-state index in [9.17, 15) is 9.59 Å². The van der Waals surface area contributed by atoms with Crippen LogP contribution in [0.4, 0.5) is 0 Å². The van der Waals surface area contributed by atoms with Crippen LogP contribution in [0.3, 0.4) is 0 Å². The van der Waals surface area contributed by atoms with Crippen LogP contribution in [0.2, 0.25) is 0 Å². The van der Waals surface area contributed by atoms with E-state index in [2.05, 4.69) is 4.74 Å². The molecule has 0 saturated carbocycles. The summed E-state index contributed by atoms with van der Waals surface area (Å²) < 4.78 is 3.91. The van der Waals surface area contributed by atoms with Crippen LogP contribution in [0.25, 0.3) is 0 Å². The van der Waals surface area contributed by atoms with Crippen molar-refractivity contribution in [1.82, 2.24) is 0 Å². The van der Waals surface area contributed by atoms with Gasteiger partial charge in [0.2, 0.25) is 0 Å². The molecule has 51 valence electrons. The lowest BCUT2D eigenvalue weighted by Gasteiger charge is -1.97. The van der Waals surface area contributed by atoms with E-state index in [0.717, 1.165) is 6.47 Å². The number of carbonyl (C=O) groups is 1. The van der Waals surface area contributed by atoms with Crippen molar-refractivity contribution < 1.29 is 14.3 Å². The fourth-order valence-corrected chi connectivity index (χ4v) is 0.421. The number of esters is 1. The molecule has 0 bridgehead atoms. The molecule has 0 aliphatic heterocycles. The molecule has 0 aliphatic rings. The second kappa shape index (κ2) is 4.06. The molecular formula is C6H9O3. The number of carbonyl (C=O) groups excluding carboxylic acids is 2. The maximum absolute atomic E-state index is 10.4. The van der Waals surface area contributed by atoms with Crippen molar-refractivity contribution in [3.63, 3.8) is 0 Å². The predicted molar refractivity (Wildman–Crippen MR) is 31.2 cm³/mol. The van der Waals surface area contributed by atoms with Crippen LogP contribution >= 0.6 is 0 Å². The van der Waals surface area contributed by atoms with E-state index in [-0.39, 0.29) is 12.3 Å². The lowest BCUT2D eigenvalue weighted by molar-refractivity contribution is -0.136. The van der Waals surface area contributed by atoms with Crippen LogP contribution in [0.15, 0.2) is 0 Å². The summed E-state index contributed by atoms with van der Waals surface area (Å²) in [4.78, 5) is 19.8. The number of hydrogen-bond donors (Lipinski definition) is 0. The van der Waals surface area contributed by atoms with E-state index in [1.54, 1.807) is 0 Å². The molecule has 0 fully saturated rings. The zero-order chi connectivity index (χ0) is 7.28. The molecule has 0 aromatic rings. The first-order chi connectivity index (χ1) is 4.16. The summed E-state index contributed by atoms with van der Waals surface area (Å²) in [6.45, 7) is 4.81. The average molecular weight is 129 g/mol. The van der Waals surface area contributed by atoms with Crippen LogP contribution in [-0.4, -0.2) is 12.4 Å². The van der Waals surface area contributed by atoms with Crippen molar-refractivity contribution in [2.75, 3.05) is 0 Å². The van der Waals surface area contributed by atoms with Crippen LogP contribution in [0.1, 0.15) is 20.3 Å². The van der Waals surface area contributed by atoms with Crippen molar-refractivity contribution in [3.8, 4) is 0 Å². The maximum atomic E-state index is 10.4. The van der Waals surface area contributed by atoms with Gasteiger partial charge in [-0.05, 0) is 5.92 Å². The molecular weight excluding hydrogens is 120 g/mol. The largest absolute Gasteiger partial charge is 0.425 e. The highest BCUT2D eigenvalue weighted by atomic mass is 16.6. The first-order valence-electron chi connectivity index (χ1n) is 2.73. The third kappa shape index (κ3) is 5.00. The van der Waals surface area contributed by atoms with Crippen LogP contribution in [0, 0.1) is 5.92 Å². The third-order valence-corrected chi connectivity index (χ3v) is 0.730. The molecule has 0 unspecified atom stereocenters. The third-order valence-electron chi connectivity index (χ3n) is 0.730. The Morgan fingerprint density at radius 2 is 2.22 bits per heavy atom. The molecule has 0 heterocycles. The Morgan fingerprint density at radius 1 is 1.67 bits per heavy atom. The normalized spacial score (nSPS) is 9.22. The summed E-state index contributed by atoms with van der Waals surface area (Å²) >= 11 is 0. The first-order valence-corrected chi connectivity index (χ1v) is 2.73. The van der Waals surface area contributed by atoms with Crippen LogP contribution in [-0.2, 0) is 14.3 Å². The van der Waals surface area contributed by atoms with Gasteiger partial charge in [-0.3, -0.25) is 4.79 Å². The molecule has 0 N–H and O–H groups in total. The molecule has 0 saturated heterocycles. The van der Waals surface area contributed by atoms with Gasteiger partial charge in [-0.1, -0.05) is 13.8 Å². The Kier molecular flexibility index (Phi) is 3.67. The van der Waals surface area contributed by atoms with E-state index in [1.807, 2.05) is 13.8 Å². The van der Waals surface area contributed by atoms with Gasteiger partial charge in [0.1, 0.15) is 0 Å². The summed E-state index contributed by atoms with van der Waals surface area (Å²) in [5.74, 6) is -0.286. The predicted octanol–water partition coefficient (Wildman–Crippen LogP) is 0.643. The Labute approximate surface area is 54.0 Å². The van der Waals surface area contributed by atoms with Crippen molar-refractivity contribution in [1.29, 1.82) is 0 Å². The molecule has 3 nitrogen and oxygen atoms in total. The smallest absolute Gasteiger partial charge is 0.384 e. The minimum absolute atomic E-state index is 0.228. The van der Waals surface area contributed by atoms with Gasteiger partial charge in [-0.25, -0.2) is 4.79 Å². The van der Waals surface area contributed by atoms with Gasteiger partial charge in [-0.2, -0.15) is 0 Å². The van der Waals surface area contributed by atoms with Crippen LogP contribution < -0.4 is 0 Å². The van der Waals surface area contributed by atoms with E-state index in [4.69, 9.17) is 0 Å². The van der Waals surface area contributed by atoms with E-state index in [0.29, 0.717) is 0 Å². The zero-order valence-electron chi connectivity index (χ0n) is 5.51. The maximum Gasteiger partial charge on any atom is 0.425 e. The molecule has 9 heavy (non-hydrogen) atoms. The fraction of sp³-hybridized carbons (Fsp3) is 0.667. The highest BCUT2D eigenvalue weighted by Gasteiger charge is 2.04. The van der Waals surface area contributed by atoms with E-state index >= 15 is 0 Å². The van der Waals surface area contributed by atoms with Crippen molar-refractivity contribution in [2.24, 2.45) is 5.92 Å². The SMILES string of the molecule is CC(C)CC(=O)O[C]=O. The highest BCUT2D eigenvalue weighted by molar-refractivity contribution is 5.76.